The van der Waals surface area contributed by atoms with E-state index in [-0.39, 0.29) is 0 Å². The molecule has 0 radical (unpaired) electrons. The van der Waals surface area contributed by atoms with Crippen molar-refractivity contribution in [3.63, 3.8) is 0 Å². The van der Waals surface area contributed by atoms with Gasteiger partial charge in [0, 0.05) is 18.7 Å². The number of ether oxygens (including phenoxy) is 1. The molecule has 0 atom stereocenters. The number of carbonyl (C=O) groups is 1. The molecule has 0 aliphatic heterocycles. The van der Waals surface area contributed by atoms with Crippen molar-refractivity contribution in [2.75, 3.05) is 6.54 Å². The average Bonchev–Trinajstić information content (AvgIpc) is 2.91. The molecule has 3 aromatic rings. The summed E-state index contributed by atoms with van der Waals surface area (Å²) in [7, 11) is 0. The second kappa shape index (κ2) is 7.20. The van der Waals surface area contributed by atoms with Crippen LogP contribution in [0.2, 0.25) is 0 Å². The number of nitrogens with one attached hydrogen (secondary N) is 1. The van der Waals surface area contributed by atoms with Crippen molar-refractivity contribution in [1.29, 1.82) is 0 Å². The summed E-state index contributed by atoms with van der Waals surface area (Å²) in [6.45, 7) is 8.08. The number of carbonyl (C=O) groups excluding carboxylic acids is 1. The molecule has 1 amide bonds. The van der Waals surface area contributed by atoms with Gasteiger partial charge in [-0.1, -0.05) is 24.3 Å². The van der Waals surface area contributed by atoms with E-state index in [0.29, 0.717) is 13.0 Å². The van der Waals surface area contributed by atoms with Gasteiger partial charge in [0.15, 0.2) is 0 Å². The van der Waals surface area contributed by atoms with E-state index < -0.39 is 11.7 Å². The van der Waals surface area contributed by atoms with Gasteiger partial charge in [0.25, 0.3) is 0 Å². The van der Waals surface area contributed by atoms with Crippen LogP contribution in [0.15, 0.2) is 48.5 Å². The minimum absolute atomic E-state index is 0.407. The summed E-state index contributed by atoms with van der Waals surface area (Å²) >= 11 is 0. The minimum atomic E-state index is -0.501. The van der Waals surface area contributed by atoms with Crippen LogP contribution in [0.25, 0.3) is 16.7 Å². The lowest BCUT2D eigenvalue weighted by molar-refractivity contribution is 0.0528. The number of imidazole rings is 1. The first kappa shape index (κ1) is 18.0. The Balaban J connectivity index is 1.85. The van der Waals surface area contributed by atoms with Gasteiger partial charge in [0.05, 0.1) is 11.0 Å². The predicted molar refractivity (Wildman–Crippen MR) is 104 cm³/mol. The zero-order chi connectivity index (χ0) is 18.7. The number of nitrogens with zero attached hydrogens (tertiary/aromatic N) is 2. The first-order valence-corrected chi connectivity index (χ1v) is 8.84. The van der Waals surface area contributed by atoms with Crippen molar-refractivity contribution >= 4 is 17.1 Å². The van der Waals surface area contributed by atoms with Gasteiger partial charge in [-0.25, -0.2) is 9.78 Å². The standard InChI is InChI=1S/C21H25N3O2/c1-15-10-11-18-17(14-15)23-19(24(18)16-8-6-5-7-9-16)12-13-22-20(25)26-21(2,3)4/h5-11,14H,12-13H2,1-4H3,(H,22,25). The quantitative estimate of drug-likeness (QED) is 0.758. The molecular weight excluding hydrogens is 326 g/mol. The lowest BCUT2D eigenvalue weighted by Crippen LogP contribution is -2.33. The topological polar surface area (TPSA) is 56.1 Å². The summed E-state index contributed by atoms with van der Waals surface area (Å²) in [5, 5.41) is 2.81. The molecule has 0 saturated heterocycles. The Morgan fingerprint density at radius 2 is 1.88 bits per heavy atom. The Morgan fingerprint density at radius 3 is 2.58 bits per heavy atom. The average molecular weight is 351 g/mol. The van der Waals surface area contributed by atoms with Gasteiger partial charge in [0.2, 0.25) is 0 Å². The van der Waals surface area contributed by atoms with Crippen molar-refractivity contribution in [2.45, 2.75) is 39.7 Å². The Morgan fingerprint density at radius 1 is 1.15 bits per heavy atom. The Hall–Kier alpha value is -2.82. The van der Waals surface area contributed by atoms with Crippen molar-refractivity contribution in [1.82, 2.24) is 14.9 Å². The molecule has 0 spiro atoms. The van der Waals surface area contributed by atoms with Crippen LogP contribution in [-0.2, 0) is 11.2 Å². The van der Waals surface area contributed by atoms with Crippen LogP contribution in [0, 0.1) is 6.92 Å². The molecule has 2 aromatic carbocycles. The molecule has 0 unspecified atom stereocenters. The third-order valence-electron chi connectivity index (χ3n) is 3.91. The van der Waals surface area contributed by atoms with E-state index >= 15 is 0 Å². The predicted octanol–water partition coefficient (Wildman–Crippen LogP) is 4.40. The van der Waals surface area contributed by atoms with Gasteiger partial charge in [-0.2, -0.15) is 0 Å². The highest BCUT2D eigenvalue weighted by atomic mass is 16.6. The van der Waals surface area contributed by atoms with E-state index in [1.165, 1.54) is 5.56 Å². The number of benzene rings is 2. The van der Waals surface area contributed by atoms with Gasteiger partial charge >= 0.3 is 6.09 Å². The molecule has 0 aliphatic rings. The third-order valence-corrected chi connectivity index (χ3v) is 3.91. The van der Waals surface area contributed by atoms with Crippen LogP contribution in [0.4, 0.5) is 4.79 Å². The van der Waals surface area contributed by atoms with Gasteiger partial charge in [-0.3, -0.25) is 4.57 Å². The largest absolute Gasteiger partial charge is 0.444 e. The van der Waals surface area contributed by atoms with Gasteiger partial charge in [-0.15, -0.1) is 0 Å². The second-order valence-corrected chi connectivity index (χ2v) is 7.37. The maximum Gasteiger partial charge on any atom is 0.407 e. The molecular formula is C21H25N3O2. The molecule has 5 heteroatoms. The fourth-order valence-corrected chi connectivity index (χ4v) is 2.86. The number of amides is 1. The summed E-state index contributed by atoms with van der Waals surface area (Å²) in [6, 6.07) is 16.4. The number of rotatable bonds is 4. The molecule has 1 aromatic heterocycles. The van der Waals surface area contributed by atoms with Crippen LogP contribution in [0.1, 0.15) is 32.2 Å². The Kier molecular flexibility index (Phi) is 4.98. The molecule has 0 fully saturated rings. The monoisotopic (exact) mass is 351 g/mol. The maximum atomic E-state index is 11.9. The van der Waals surface area contributed by atoms with E-state index in [0.717, 1.165) is 22.5 Å². The Bertz CT molecular complexity index is 908. The van der Waals surface area contributed by atoms with E-state index in [1.807, 2.05) is 39.0 Å². The number of fused-ring (bicyclic) bond motifs is 1. The normalized spacial score (nSPS) is 11.5. The number of aryl methyl sites for hydroxylation is 1. The van der Waals surface area contributed by atoms with E-state index in [2.05, 4.69) is 47.1 Å². The molecule has 1 heterocycles. The zero-order valence-electron chi connectivity index (χ0n) is 15.7. The van der Waals surface area contributed by atoms with Gasteiger partial charge in [0.1, 0.15) is 11.4 Å². The fraction of sp³-hybridized carbons (Fsp3) is 0.333. The highest BCUT2D eigenvalue weighted by Gasteiger charge is 2.17. The van der Waals surface area contributed by atoms with Crippen LogP contribution in [0.5, 0.6) is 0 Å². The smallest absolute Gasteiger partial charge is 0.407 e. The second-order valence-electron chi connectivity index (χ2n) is 7.37. The number of aromatic nitrogens is 2. The zero-order valence-corrected chi connectivity index (χ0v) is 15.7. The minimum Gasteiger partial charge on any atom is -0.444 e. The molecule has 0 saturated carbocycles. The van der Waals surface area contributed by atoms with Crippen LogP contribution < -0.4 is 5.32 Å². The lowest BCUT2D eigenvalue weighted by Gasteiger charge is -2.19. The summed E-state index contributed by atoms with van der Waals surface area (Å²) in [4.78, 5) is 16.7. The molecule has 3 rings (SSSR count). The van der Waals surface area contributed by atoms with Crippen molar-refractivity contribution in [3.05, 3.63) is 59.9 Å². The summed E-state index contributed by atoms with van der Waals surface area (Å²) in [5.41, 5.74) is 3.76. The van der Waals surface area contributed by atoms with Crippen molar-refractivity contribution in [3.8, 4) is 5.69 Å². The van der Waals surface area contributed by atoms with Crippen LogP contribution >= 0.6 is 0 Å². The third kappa shape index (κ3) is 4.23. The summed E-state index contributed by atoms with van der Waals surface area (Å²) in [5.74, 6) is 0.910. The van der Waals surface area contributed by atoms with Crippen LogP contribution in [-0.4, -0.2) is 27.8 Å². The van der Waals surface area contributed by atoms with E-state index in [4.69, 9.17) is 9.72 Å². The highest BCUT2D eigenvalue weighted by Crippen LogP contribution is 2.22. The lowest BCUT2D eigenvalue weighted by atomic mass is 10.2. The SMILES string of the molecule is Cc1ccc2c(c1)nc(CCNC(=O)OC(C)(C)C)n2-c1ccccc1. The maximum absolute atomic E-state index is 11.9. The molecule has 136 valence electrons. The molecule has 26 heavy (non-hydrogen) atoms. The van der Waals surface area contributed by atoms with E-state index in [9.17, 15) is 4.79 Å². The Labute approximate surface area is 154 Å². The van der Waals surface area contributed by atoms with Crippen LogP contribution in [0.3, 0.4) is 0 Å². The first-order valence-electron chi connectivity index (χ1n) is 8.84. The van der Waals surface area contributed by atoms with E-state index in [1.54, 1.807) is 0 Å². The first-order chi connectivity index (χ1) is 12.3. The molecule has 1 N–H and O–H groups in total. The molecule has 0 aliphatic carbocycles. The molecule has 0 bridgehead atoms. The van der Waals surface area contributed by atoms with Gasteiger partial charge < -0.3 is 10.1 Å². The summed E-state index contributed by atoms with van der Waals surface area (Å²) in [6.07, 6.45) is 0.206. The molecule has 5 nitrogen and oxygen atoms in total. The number of hydrogen-bond acceptors (Lipinski definition) is 3. The fourth-order valence-electron chi connectivity index (χ4n) is 2.86. The van der Waals surface area contributed by atoms with Crippen molar-refractivity contribution < 1.29 is 9.53 Å². The highest BCUT2D eigenvalue weighted by molar-refractivity contribution is 5.79. The summed E-state index contributed by atoms with van der Waals surface area (Å²) < 4.78 is 7.43. The number of hydrogen-bond donors (Lipinski definition) is 1. The number of para-hydroxylation sites is 1. The van der Waals surface area contributed by atoms with Gasteiger partial charge in [-0.05, 0) is 57.5 Å². The van der Waals surface area contributed by atoms with Crippen molar-refractivity contribution in [2.24, 2.45) is 0 Å². The number of alkyl carbamates (subject to hydrolysis) is 1.